The van der Waals surface area contributed by atoms with Crippen molar-refractivity contribution < 1.29 is 49.6 Å². The number of hydrogen-bond donors (Lipinski definition) is 7. The van der Waals surface area contributed by atoms with Crippen LogP contribution in [0.4, 0.5) is 0 Å². The van der Waals surface area contributed by atoms with Gasteiger partial charge in [-0.3, -0.25) is 4.79 Å². The molecule has 33 heavy (non-hydrogen) atoms. The molecule has 7 N–H and O–H groups in total. The minimum absolute atomic E-state index is 0.0110. The molecular weight excluding hydrogens is 440 g/mol. The first-order valence-electron chi connectivity index (χ1n) is 9.92. The van der Waals surface area contributed by atoms with Crippen LogP contribution in [0.1, 0.15) is 12.5 Å². The van der Waals surface area contributed by atoms with Crippen molar-refractivity contribution in [3.05, 3.63) is 40.1 Å². The Morgan fingerprint density at radius 1 is 0.909 bits per heavy atom. The van der Waals surface area contributed by atoms with Crippen molar-refractivity contribution in [3.8, 4) is 40.1 Å². The average Bonchev–Trinajstić information content (AvgIpc) is 2.77. The molecular formula is C22H22O11. The zero-order valence-electron chi connectivity index (χ0n) is 17.5. The minimum Gasteiger partial charge on any atom is -0.507 e. The Morgan fingerprint density at radius 2 is 1.61 bits per heavy atom. The Kier molecular flexibility index (Phi) is 5.58. The van der Waals surface area contributed by atoms with E-state index in [2.05, 4.69) is 0 Å². The van der Waals surface area contributed by atoms with E-state index in [1.165, 1.54) is 19.9 Å². The lowest BCUT2D eigenvalue weighted by atomic mass is 10.00. The van der Waals surface area contributed by atoms with Crippen LogP contribution in [0.3, 0.4) is 0 Å². The zero-order chi connectivity index (χ0) is 24.2. The maximum Gasteiger partial charge on any atom is 0.239 e. The van der Waals surface area contributed by atoms with Crippen LogP contribution in [0.25, 0.3) is 22.3 Å². The van der Waals surface area contributed by atoms with E-state index in [1.54, 1.807) is 0 Å². The van der Waals surface area contributed by atoms with Gasteiger partial charge >= 0.3 is 0 Å². The number of aliphatic hydroxyl groups excluding tert-OH is 3. The van der Waals surface area contributed by atoms with Crippen molar-refractivity contribution in [1.29, 1.82) is 0 Å². The van der Waals surface area contributed by atoms with Gasteiger partial charge in [-0.25, -0.2) is 0 Å². The first-order valence-corrected chi connectivity index (χ1v) is 9.92. The molecule has 0 bridgehead atoms. The topological polar surface area (TPSA) is 190 Å². The van der Waals surface area contributed by atoms with Crippen LogP contribution < -0.4 is 10.2 Å². The highest BCUT2D eigenvalue weighted by Gasteiger charge is 2.44. The number of rotatable bonds is 3. The molecule has 5 atom stereocenters. The standard InChI is InChI=1S/C22H22O11/c1-7-11(24)6-13-14(15(7)26)17(28)21(20(32-13)9-3-4-10(23)12(25)5-9)33-22-19(30)18(29)16(27)8(2)31-22/h3-6,8,16,18-19,22-27,29-30H,1-2H3/t8-,16-,18+,19+,22-/m0/s1. The smallest absolute Gasteiger partial charge is 0.239 e. The van der Waals surface area contributed by atoms with Crippen LogP contribution in [0.15, 0.2) is 33.5 Å². The third kappa shape index (κ3) is 3.70. The monoisotopic (exact) mass is 462 g/mol. The fourth-order valence-electron chi connectivity index (χ4n) is 3.59. The third-order valence-electron chi connectivity index (χ3n) is 5.62. The van der Waals surface area contributed by atoms with Crippen LogP contribution in [-0.4, -0.2) is 66.5 Å². The highest BCUT2D eigenvalue weighted by atomic mass is 16.7. The molecule has 0 amide bonds. The summed E-state index contributed by atoms with van der Waals surface area (Å²) < 4.78 is 16.7. The molecule has 2 aromatic carbocycles. The van der Waals surface area contributed by atoms with Crippen molar-refractivity contribution >= 4 is 11.0 Å². The number of hydrogen-bond acceptors (Lipinski definition) is 11. The predicted molar refractivity (Wildman–Crippen MR) is 112 cm³/mol. The molecule has 1 aliphatic rings. The van der Waals surface area contributed by atoms with Crippen LogP contribution in [0, 0.1) is 6.92 Å². The lowest BCUT2D eigenvalue weighted by Gasteiger charge is -2.38. The summed E-state index contributed by atoms with van der Waals surface area (Å²) in [5.41, 5.74) is -1.03. The number of phenols is 4. The zero-order valence-corrected chi connectivity index (χ0v) is 17.5. The predicted octanol–water partition coefficient (Wildman–Crippen LogP) is 0.797. The molecule has 1 aromatic heterocycles. The van der Waals surface area contributed by atoms with Gasteiger partial charge < -0.3 is 49.6 Å². The van der Waals surface area contributed by atoms with Gasteiger partial charge in [-0.15, -0.1) is 0 Å². The molecule has 0 saturated carbocycles. The minimum atomic E-state index is -1.75. The van der Waals surface area contributed by atoms with Crippen molar-refractivity contribution in [1.82, 2.24) is 0 Å². The summed E-state index contributed by atoms with van der Waals surface area (Å²) in [5.74, 6) is -2.70. The van der Waals surface area contributed by atoms with Gasteiger partial charge in [0, 0.05) is 17.2 Å². The molecule has 0 unspecified atom stereocenters. The summed E-state index contributed by atoms with van der Waals surface area (Å²) in [6.07, 6.45) is -7.36. The second-order valence-corrected chi connectivity index (χ2v) is 7.83. The van der Waals surface area contributed by atoms with E-state index in [0.29, 0.717) is 0 Å². The van der Waals surface area contributed by atoms with Gasteiger partial charge in [0.1, 0.15) is 40.8 Å². The van der Waals surface area contributed by atoms with Gasteiger partial charge in [-0.05, 0) is 32.0 Å². The molecule has 2 heterocycles. The van der Waals surface area contributed by atoms with E-state index in [9.17, 15) is 40.5 Å². The van der Waals surface area contributed by atoms with Gasteiger partial charge in [-0.1, -0.05) is 0 Å². The Labute approximate surface area is 185 Å². The number of aliphatic hydroxyl groups is 3. The van der Waals surface area contributed by atoms with Gasteiger partial charge in [0.25, 0.3) is 0 Å². The highest BCUT2D eigenvalue weighted by molar-refractivity contribution is 5.90. The highest BCUT2D eigenvalue weighted by Crippen LogP contribution is 2.40. The first kappa shape index (κ1) is 22.7. The van der Waals surface area contributed by atoms with Crippen LogP contribution in [0.2, 0.25) is 0 Å². The lowest BCUT2D eigenvalue weighted by molar-refractivity contribution is -0.268. The quantitative estimate of drug-likeness (QED) is 0.272. The average molecular weight is 462 g/mol. The molecule has 1 saturated heterocycles. The summed E-state index contributed by atoms with van der Waals surface area (Å²) in [6, 6.07) is 4.64. The van der Waals surface area contributed by atoms with Crippen LogP contribution in [-0.2, 0) is 4.74 Å². The third-order valence-corrected chi connectivity index (χ3v) is 5.62. The molecule has 0 radical (unpaired) electrons. The number of benzene rings is 2. The Balaban J connectivity index is 1.95. The molecule has 11 heteroatoms. The van der Waals surface area contributed by atoms with Gasteiger partial charge in [0.2, 0.25) is 17.5 Å². The van der Waals surface area contributed by atoms with E-state index in [1.807, 2.05) is 0 Å². The molecule has 1 aliphatic heterocycles. The Morgan fingerprint density at radius 3 is 2.27 bits per heavy atom. The molecule has 0 spiro atoms. The van der Waals surface area contributed by atoms with Crippen LogP contribution in [0.5, 0.6) is 28.7 Å². The van der Waals surface area contributed by atoms with E-state index in [4.69, 9.17) is 13.9 Å². The number of fused-ring (bicyclic) bond motifs is 1. The van der Waals surface area contributed by atoms with Crippen molar-refractivity contribution in [2.24, 2.45) is 0 Å². The van der Waals surface area contributed by atoms with E-state index in [-0.39, 0.29) is 33.6 Å². The van der Waals surface area contributed by atoms with Crippen molar-refractivity contribution in [3.63, 3.8) is 0 Å². The SMILES string of the molecule is Cc1c(O)cc2oc(-c3ccc(O)c(O)c3)c(O[C@@H]3O[C@@H](C)[C@H](O)[C@@H](O)[C@H]3O)c(=O)c2c1O. The molecule has 4 rings (SSSR count). The number of aromatic hydroxyl groups is 4. The second-order valence-electron chi connectivity index (χ2n) is 7.83. The molecule has 0 aliphatic carbocycles. The summed E-state index contributed by atoms with van der Waals surface area (Å²) in [7, 11) is 0. The van der Waals surface area contributed by atoms with Gasteiger partial charge in [0.05, 0.1) is 6.10 Å². The molecule has 3 aromatic rings. The Bertz CT molecular complexity index is 1280. The first-order chi connectivity index (χ1) is 15.5. The number of ether oxygens (including phenoxy) is 2. The number of phenolic OH excluding ortho intramolecular Hbond substituents is 4. The van der Waals surface area contributed by atoms with Gasteiger partial charge in [-0.2, -0.15) is 0 Å². The summed E-state index contributed by atoms with van der Waals surface area (Å²) in [6.45, 7) is 2.80. The summed E-state index contributed by atoms with van der Waals surface area (Å²) in [5, 5.41) is 70.0. The summed E-state index contributed by atoms with van der Waals surface area (Å²) in [4.78, 5) is 13.4. The fourth-order valence-corrected chi connectivity index (χ4v) is 3.59. The normalized spacial score (nSPS) is 25.3. The maximum absolute atomic E-state index is 13.4. The molecule has 11 nitrogen and oxygen atoms in total. The lowest BCUT2D eigenvalue weighted by Crippen LogP contribution is -2.58. The maximum atomic E-state index is 13.4. The van der Waals surface area contributed by atoms with E-state index >= 15 is 0 Å². The fraction of sp³-hybridized carbons (Fsp3) is 0.318. The largest absolute Gasteiger partial charge is 0.507 e. The second kappa shape index (κ2) is 8.12. The Hall–Kier alpha value is -3.51. The van der Waals surface area contributed by atoms with E-state index < -0.39 is 59.1 Å². The molecule has 176 valence electrons. The van der Waals surface area contributed by atoms with Crippen molar-refractivity contribution in [2.45, 2.75) is 44.6 Å². The van der Waals surface area contributed by atoms with Gasteiger partial charge in [0.15, 0.2) is 17.3 Å². The summed E-state index contributed by atoms with van der Waals surface area (Å²) >= 11 is 0. The van der Waals surface area contributed by atoms with Crippen LogP contribution >= 0.6 is 0 Å². The van der Waals surface area contributed by atoms with E-state index in [0.717, 1.165) is 18.2 Å². The van der Waals surface area contributed by atoms with Crippen molar-refractivity contribution in [2.75, 3.05) is 0 Å². The molecule has 1 fully saturated rings.